The largest absolute Gasteiger partial charge is 0.507 e. The van der Waals surface area contributed by atoms with E-state index in [1.165, 1.54) is 12.1 Å². The van der Waals surface area contributed by atoms with Crippen LogP contribution in [0.25, 0.3) is 10.8 Å². The molecule has 18 heavy (non-hydrogen) atoms. The molecule has 0 atom stereocenters. The second-order valence-corrected chi connectivity index (χ2v) is 3.79. The molecule has 2 rings (SSSR count). The number of carboxylic acid groups (broad SMARTS) is 1. The van der Waals surface area contributed by atoms with E-state index in [0.717, 1.165) is 10.8 Å². The van der Waals surface area contributed by atoms with Crippen molar-refractivity contribution in [3.8, 4) is 5.75 Å². The minimum atomic E-state index is -1.14. The SMILES string of the molecule is O=C(O)CNC(=O)c1cc2ccccc2cc1O. The lowest BCUT2D eigenvalue weighted by molar-refractivity contribution is -0.135. The molecule has 2 aromatic rings. The fourth-order valence-corrected chi connectivity index (χ4v) is 1.66. The van der Waals surface area contributed by atoms with Gasteiger partial charge in [-0.25, -0.2) is 0 Å². The summed E-state index contributed by atoms with van der Waals surface area (Å²) in [6.45, 7) is -0.481. The van der Waals surface area contributed by atoms with E-state index in [1.54, 1.807) is 0 Å². The predicted molar refractivity (Wildman–Crippen MR) is 65.6 cm³/mol. The molecule has 0 aromatic heterocycles. The number of carboxylic acids is 1. The number of benzene rings is 2. The fraction of sp³-hybridized carbons (Fsp3) is 0.0769. The third kappa shape index (κ3) is 2.40. The summed E-state index contributed by atoms with van der Waals surface area (Å²) >= 11 is 0. The quantitative estimate of drug-likeness (QED) is 0.762. The number of aromatic hydroxyl groups is 1. The van der Waals surface area contributed by atoms with Crippen molar-refractivity contribution in [2.45, 2.75) is 0 Å². The average molecular weight is 245 g/mol. The Morgan fingerprint density at radius 2 is 1.72 bits per heavy atom. The number of phenols is 1. The molecule has 0 unspecified atom stereocenters. The molecule has 3 N–H and O–H groups in total. The van der Waals surface area contributed by atoms with Crippen LogP contribution in [-0.4, -0.2) is 28.6 Å². The molecular weight excluding hydrogens is 234 g/mol. The van der Waals surface area contributed by atoms with Crippen LogP contribution in [0.4, 0.5) is 0 Å². The summed E-state index contributed by atoms with van der Waals surface area (Å²) in [6, 6.07) is 10.3. The zero-order valence-electron chi connectivity index (χ0n) is 9.38. The fourth-order valence-electron chi connectivity index (χ4n) is 1.66. The van der Waals surface area contributed by atoms with Gasteiger partial charge in [0.2, 0.25) is 0 Å². The van der Waals surface area contributed by atoms with Gasteiger partial charge < -0.3 is 15.5 Å². The van der Waals surface area contributed by atoms with Gasteiger partial charge in [0.25, 0.3) is 5.91 Å². The Morgan fingerprint density at radius 3 is 2.33 bits per heavy atom. The van der Waals surface area contributed by atoms with Crippen molar-refractivity contribution in [2.24, 2.45) is 0 Å². The second kappa shape index (κ2) is 4.75. The van der Waals surface area contributed by atoms with Gasteiger partial charge in [-0.05, 0) is 22.9 Å². The maximum Gasteiger partial charge on any atom is 0.322 e. The van der Waals surface area contributed by atoms with Crippen LogP contribution in [0.1, 0.15) is 10.4 Å². The van der Waals surface area contributed by atoms with Gasteiger partial charge in [-0.15, -0.1) is 0 Å². The number of fused-ring (bicyclic) bond motifs is 1. The van der Waals surface area contributed by atoms with Crippen LogP contribution in [0.2, 0.25) is 0 Å². The summed E-state index contributed by atoms with van der Waals surface area (Å²) in [6.07, 6.45) is 0. The van der Waals surface area contributed by atoms with E-state index in [2.05, 4.69) is 5.32 Å². The number of rotatable bonds is 3. The van der Waals surface area contributed by atoms with Crippen LogP contribution >= 0.6 is 0 Å². The molecule has 0 saturated carbocycles. The molecule has 1 amide bonds. The Morgan fingerprint density at radius 1 is 1.11 bits per heavy atom. The molecular formula is C13H11NO4. The molecule has 5 nitrogen and oxygen atoms in total. The molecule has 0 spiro atoms. The van der Waals surface area contributed by atoms with Gasteiger partial charge in [-0.1, -0.05) is 24.3 Å². The van der Waals surface area contributed by atoms with E-state index in [0.29, 0.717) is 0 Å². The maximum atomic E-state index is 11.7. The van der Waals surface area contributed by atoms with E-state index >= 15 is 0 Å². The van der Waals surface area contributed by atoms with Gasteiger partial charge >= 0.3 is 5.97 Å². The lowest BCUT2D eigenvalue weighted by Gasteiger charge is -2.06. The van der Waals surface area contributed by atoms with Crippen LogP contribution in [0.5, 0.6) is 5.75 Å². The van der Waals surface area contributed by atoms with E-state index in [1.807, 2.05) is 24.3 Å². The molecule has 0 aliphatic heterocycles. The third-order valence-corrected chi connectivity index (χ3v) is 2.51. The van der Waals surface area contributed by atoms with Gasteiger partial charge in [-0.3, -0.25) is 9.59 Å². The Balaban J connectivity index is 2.35. The number of phenolic OH excluding ortho intramolecular Hbond substituents is 1. The van der Waals surface area contributed by atoms with Gasteiger partial charge in [-0.2, -0.15) is 0 Å². The van der Waals surface area contributed by atoms with Gasteiger partial charge in [0.05, 0.1) is 5.56 Å². The molecule has 92 valence electrons. The highest BCUT2D eigenvalue weighted by Gasteiger charge is 2.12. The zero-order valence-corrected chi connectivity index (χ0v) is 9.38. The molecule has 2 aromatic carbocycles. The highest BCUT2D eigenvalue weighted by atomic mass is 16.4. The lowest BCUT2D eigenvalue weighted by atomic mass is 10.1. The van der Waals surface area contributed by atoms with E-state index in [-0.39, 0.29) is 11.3 Å². The van der Waals surface area contributed by atoms with E-state index in [9.17, 15) is 14.7 Å². The Hall–Kier alpha value is -2.56. The van der Waals surface area contributed by atoms with Crippen molar-refractivity contribution < 1.29 is 19.8 Å². The molecule has 0 radical (unpaired) electrons. The van der Waals surface area contributed by atoms with Gasteiger partial charge in [0.1, 0.15) is 12.3 Å². The average Bonchev–Trinajstić information content (AvgIpc) is 2.35. The number of aliphatic carboxylic acids is 1. The van der Waals surface area contributed by atoms with Crippen LogP contribution < -0.4 is 5.32 Å². The second-order valence-electron chi connectivity index (χ2n) is 3.79. The minimum absolute atomic E-state index is 0.0648. The normalized spacial score (nSPS) is 10.2. The monoisotopic (exact) mass is 245 g/mol. The summed E-state index contributed by atoms with van der Waals surface area (Å²) in [4.78, 5) is 22.0. The highest BCUT2D eigenvalue weighted by molar-refractivity contribution is 6.02. The smallest absolute Gasteiger partial charge is 0.322 e. The molecule has 0 bridgehead atoms. The van der Waals surface area contributed by atoms with Crippen molar-refractivity contribution in [2.75, 3.05) is 6.54 Å². The topological polar surface area (TPSA) is 86.6 Å². The highest BCUT2D eigenvalue weighted by Crippen LogP contribution is 2.24. The van der Waals surface area contributed by atoms with Crippen molar-refractivity contribution in [3.63, 3.8) is 0 Å². The molecule has 0 saturated heterocycles. The van der Waals surface area contributed by atoms with E-state index in [4.69, 9.17) is 5.11 Å². The minimum Gasteiger partial charge on any atom is -0.507 e. The molecule has 0 heterocycles. The standard InChI is InChI=1S/C13H11NO4/c15-11-6-9-4-2-1-3-8(9)5-10(11)13(18)14-7-12(16)17/h1-6,15H,7H2,(H,14,18)(H,16,17). The number of carbonyl (C=O) groups excluding carboxylic acids is 1. The molecule has 5 heteroatoms. The van der Waals surface area contributed by atoms with Crippen molar-refractivity contribution in [1.82, 2.24) is 5.32 Å². The van der Waals surface area contributed by atoms with Crippen molar-refractivity contribution in [3.05, 3.63) is 42.0 Å². The predicted octanol–water partition coefficient (Wildman–Crippen LogP) is 1.36. The number of amides is 1. The zero-order chi connectivity index (χ0) is 13.1. The summed E-state index contributed by atoms with van der Waals surface area (Å²) in [5.74, 6) is -1.92. The number of nitrogens with one attached hydrogen (secondary N) is 1. The van der Waals surface area contributed by atoms with Crippen molar-refractivity contribution >= 4 is 22.6 Å². The third-order valence-electron chi connectivity index (χ3n) is 2.51. The summed E-state index contributed by atoms with van der Waals surface area (Å²) in [5.41, 5.74) is 0.0648. The Bertz CT molecular complexity index is 621. The molecule has 0 fully saturated rings. The Kier molecular flexibility index (Phi) is 3.14. The van der Waals surface area contributed by atoms with Gasteiger partial charge in [0.15, 0.2) is 0 Å². The van der Waals surface area contributed by atoms with Crippen molar-refractivity contribution in [1.29, 1.82) is 0 Å². The Labute approximate surface area is 103 Å². The first-order valence-corrected chi connectivity index (χ1v) is 5.29. The summed E-state index contributed by atoms with van der Waals surface area (Å²) in [5, 5.41) is 22.0. The van der Waals surface area contributed by atoms with Crippen LogP contribution in [0.15, 0.2) is 36.4 Å². The van der Waals surface area contributed by atoms with Crippen LogP contribution in [0, 0.1) is 0 Å². The summed E-state index contributed by atoms with van der Waals surface area (Å²) in [7, 11) is 0. The molecule has 0 aliphatic carbocycles. The van der Waals surface area contributed by atoms with E-state index < -0.39 is 18.4 Å². The number of hydrogen-bond donors (Lipinski definition) is 3. The first kappa shape index (κ1) is 11.9. The molecule has 0 aliphatic rings. The van der Waals surface area contributed by atoms with Crippen LogP contribution in [-0.2, 0) is 4.79 Å². The number of carbonyl (C=O) groups is 2. The first-order chi connectivity index (χ1) is 8.58. The summed E-state index contributed by atoms with van der Waals surface area (Å²) < 4.78 is 0. The lowest BCUT2D eigenvalue weighted by Crippen LogP contribution is -2.29. The van der Waals surface area contributed by atoms with Crippen LogP contribution in [0.3, 0.4) is 0 Å². The number of hydrogen-bond acceptors (Lipinski definition) is 3. The maximum absolute atomic E-state index is 11.7. The first-order valence-electron chi connectivity index (χ1n) is 5.29. The van der Waals surface area contributed by atoms with Gasteiger partial charge in [0, 0.05) is 0 Å².